The van der Waals surface area contributed by atoms with Crippen molar-refractivity contribution in [1.29, 1.82) is 0 Å². The first kappa shape index (κ1) is 25.7. The number of aromatic nitrogens is 3. The third kappa shape index (κ3) is 6.85. The Morgan fingerprint density at radius 2 is 1.67 bits per heavy atom. The zero-order chi connectivity index (χ0) is 25.3. The van der Waals surface area contributed by atoms with Gasteiger partial charge in [-0.2, -0.15) is 0 Å². The summed E-state index contributed by atoms with van der Waals surface area (Å²) < 4.78 is 2.04. The number of hydrogen-bond acceptors (Lipinski definition) is 4. The summed E-state index contributed by atoms with van der Waals surface area (Å²) in [6, 6.07) is 24.7. The largest absolute Gasteiger partial charge is 0.345 e. The molecule has 0 radical (unpaired) electrons. The van der Waals surface area contributed by atoms with Crippen LogP contribution >= 0.6 is 11.8 Å². The fourth-order valence-electron chi connectivity index (χ4n) is 4.07. The number of aryl methyl sites for hydroxylation is 3. The monoisotopic (exact) mass is 498 g/mol. The number of rotatable bonds is 11. The van der Waals surface area contributed by atoms with Crippen LogP contribution in [0.1, 0.15) is 64.6 Å². The number of nitrogens with one attached hydrogen (secondary N) is 1. The van der Waals surface area contributed by atoms with E-state index in [1.54, 1.807) is 11.8 Å². The summed E-state index contributed by atoms with van der Waals surface area (Å²) in [7, 11) is 0. The van der Waals surface area contributed by atoms with Crippen molar-refractivity contribution in [2.45, 2.75) is 63.9 Å². The van der Waals surface area contributed by atoms with Gasteiger partial charge in [-0.1, -0.05) is 91.2 Å². The fraction of sp³-hybridized carbons (Fsp3) is 0.300. The smallest absolute Gasteiger partial charge is 0.251 e. The molecule has 0 aliphatic heterocycles. The summed E-state index contributed by atoms with van der Waals surface area (Å²) in [6.45, 7) is 6.67. The molecule has 36 heavy (non-hydrogen) atoms. The molecule has 0 aliphatic carbocycles. The highest BCUT2D eigenvalue weighted by molar-refractivity contribution is 7.98. The lowest BCUT2D eigenvalue weighted by Gasteiger charge is -2.12. The topological polar surface area (TPSA) is 59.8 Å². The number of hydrogen-bond donors (Lipinski definition) is 1. The molecule has 0 spiro atoms. The minimum absolute atomic E-state index is 0.109. The standard InChI is InChI=1S/C30H34N4OS/c1-4-5-6-9-24-13-15-26(16-14-24)29(35)31-20-28-32-33-30(34(28)27-17-11-22(2)12-18-27)36-21-25-10-7-8-23(3)19-25/h7-8,10-19H,4-6,9,20-21H2,1-3H3,(H,31,35). The minimum atomic E-state index is -0.109. The van der Waals surface area contributed by atoms with Gasteiger partial charge in [0.25, 0.3) is 5.91 Å². The molecule has 0 atom stereocenters. The Balaban J connectivity index is 1.47. The Morgan fingerprint density at radius 1 is 0.889 bits per heavy atom. The summed E-state index contributed by atoms with van der Waals surface area (Å²) in [6.07, 6.45) is 4.67. The maximum atomic E-state index is 12.9. The van der Waals surface area contributed by atoms with Crippen LogP contribution in [0.3, 0.4) is 0 Å². The van der Waals surface area contributed by atoms with Gasteiger partial charge >= 0.3 is 0 Å². The molecule has 3 aromatic carbocycles. The molecule has 4 rings (SSSR count). The summed E-state index contributed by atoms with van der Waals surface area (Å²) in [4.78, 5) is 12.9. The average molecular weight is 499 g/mol. The van der Waals surface area contributed by atoms with Crippen LogP contribution in [0.15, 0.2) is 78.0 Å². The summed E-state index contributed by atoms with van der Waals surface area (Å²) in [5, 5.41) is 12.8. The van der Waals surface area contributed by atoms with Gasteiger partial charge in [-0.25, -0.2) is 0 Å². The van der Waals surface area contributed by atoms with Crippen molar-refractivity contribution in [1.82, 2.24) is 20.1 Å². The van der Waals surface area contributed by atoms with Crippen molar-refractivity contribution >= 4 is 17.7 Å². The molecule has 1 aromatic heterocycles. The van der Waals surface area contributed by atoms with Crippen molar-refractivity contribution < 1.29 is 4.79 Å². The molecule has 1 heterocycles. The molecular weight excluding hydrogens is 464 g/mol. The molecule has 4 aromatic rings. The van der Waals surface area contributed by atoms with Crippen LogP contribution in [0.4, 0.5) is 0 Å². The Hall–Kier alpha value is -3.38. The van der Waals surface area contributed by atoms with Gasteiger partial charge in [-0.15, -0.1) is 10.2 Å². The molecule has 6 heteroatoms. The van der Waals surface area contributed by atoms with Crippen molar-refractivity contribution in [2.24, 2.45) is 0 Å². The van der Waals surface area contributed by atoms with Gasteiger partial charge in [0.1, 0.15) is 0 Å². The second-order valence-corrected chi connectivity index (χ2v) is 10.1. The molecule has 0 aliphatic rings. The first-order chi connectivity index (χ1) is 17.5. The first-order valence-corrected chi connectivity index (χ1v) is 13.6. The van der Waals surface area contributed by atoms with E-state index >= 15 is 0 Å². The number of amides is 1. The minimum Gasteiger partial charge on any atom is -0.345 e. The van der Waals surface area contributed by atoms with E-state index in [0.29, 0.717) is 17.9 Å². The van der Waals surface area contributed by atoms with Gasteiger partial charge in [0, 0.05) is 17.0 Å². The van der Waals surface area contributed by atoms with Crippen molar-refractivity contribution in [3.63, 3.8) is 0 Å². The molecular formula is C30H34N4OS. The van der Waals surface area contributed by atoms with Gasteiger partial charge in [0.2, 0.25) is 0 Å². The fourth-order valence-corrected chi connectivity index (χ4v) is 4.99. The van der Waals surface area contributed by atoms with E-state index in [0.717, 1.165) is 23.0 Å². The van der Waals surface area contributed by atoms with Crippen LogP contribution in [0, 0.1) is 13.8 Å². The van der Waals surface area contributed by atoms with Crippen molar-refractivity contribution in [2.75, 3.05) is 0 Å². The van der Waals surface area contributed by atoms with Crippen LogP contribution in [-0.4, -0.2) is 20.7 Å². The van der Waals surface area contributed by atoms with Crippen molar-refractivity contribution in [3.8, 4) is 5.69 Å². The quantitative estimate of drug-likeness (QED) is 0.182. The maximum absolute atomic E-state index is 12.9. The Kier molecular flexibility index (Phi) is 8.95. The number of nitrogens with zero attached hydrogens (tertiary/aromatic N) is 3. The second kappa shape index (κ2) is 12.5. The van der Waals surface area contributed by atoms with Crippen LogP contribution < -0.4 is 5.32 Å². The highest BCUT2D eigenvalue weighted by atomic mass is 32.2. The number of carbonyl (C=O) groups excluding carboxylic acids is 1. The predicted molar refractivity (Wildman–Crippen MR) is 148 cm³/mol. The van der Waals surface area contributed by atoms with Gasteiger partial charge in [-0.05, 0) is 62.1 Å². The highest BCUT2D eigenvalue weighted by Crippen LogP contribution is 2.26. The van der Waals surface area contributed by atoms with Gasteiger partial charge in [0.05, 0.1) is 6.54 Å². The van der Waals surface area contributed by atoms with Crippen molar-refractivity contribution in [3.05, 3.63) is 106 Å². The third-order valence-electron chi connectivity index (χ3n) is 6.14. The van der Waals surface area contributed by atoms with Crippen LogP contribution in [0.5, 0.6) is 0 Å². The third-order valence-corrected chi connectivity index (χ3v) is 7.14. The Labute approximate surface area is 218 Å². The average Bonchev–Trinajstić information content (AvgIpc) is 3.30. The van der Waals surface area contributed by atoms with E-state index < -0.39 is 0 Å². The maximum Gasteiger partial charge on any atom is 0.251 e. The lowest BCUT2D eigenvalue weighted by molar-refractivity contribution is 0.0949. The van der Waals surface area contributed by atoms with E-state index in [-0.39, 0.29) is 5.91 Å². The lowest BCUT2D eigenvalue weighted by atomic mass is 10.1. The molecule has 1 N–H and O–H groups in total. The summed E-state index contributed by atoms with van der Waals surface area (Å²) in [5.74, 6) is 1.39. The molecule has 0 saturated carbocycles. The Bertz CT molecular complexity index is 1280. The molecule has 5 nitrogen and oxygen atoms in total. The van der Waals surface area contributed by atoms with Gasteiger partial charge in [0.15, 0.2) is 11.0 Å². The highest BCUT2D eigenvalue weighted by Gasteiger charge is 2.16. The zero-order valence-electron chi connectivity index (χ0n) is 21.3. The predicted octanol–water partition coefficient (Wildman–Crippen LogP) is 6.84. The van der Waals surface area contributed by atoms with E-state index in [4.69, 9.17) is 0 Å². The SMILES string of the molecule is CCCCCc1ccc(C(=O)NCc2nnc(SCc3cccc(C)c3)n2-c2ccc(C)cc2)cc1. The second-order valence-electron chi connectivity index (χ2n) is 9.18. The number of benzene rings is 3. The Morgan fingerprint density at radius 3 is 2.39 bits per heavy atom. The normalized spacial score (nSPS) is 11.0. The zero-order valence-corrected chi connectivity index (χ0v) is 22.1. The summed E-state index contributed by atoms with van der Waals surface area (Å²) >= 11 is 1.65. The molecule has 0 bridgehead atoms. The molecule has 0 unspecified atom stereocenters. The van der Waals surface area contributed by atoms with E-state index in [1.165, 1.54) is 41.5 Å². The van der Waals surface area contributed by atoms with Gasteiger partial charge in [-0.3, -0.25) is 9.36 Å². The molecule has 186 valence electrons. The molecule has 0 saturated heterocycles. The van der Waals surface area contributed by atoms with Crippen LogP contribution in [0.25, 0.3) is 5.69 Å². The number of carbonyl (C=O) groups is 1. The molecule has 0 fully saturated rings. The van der Waals surface area contributed by atoms with E-state index in [1.807, 2.05) is 16.7 Å². The van der Waals surface area contributed by atoms with Gasteiger partial charge < -0.3 is 5.32 Å². The summed E-state index contributed by atoms with van der Waals surface area (Å²) in [5.41, 5.74) is 6.59. The van der Waals surface area contributed by atoms with E-state index in [9.17, 15) is 4.79 Å². The number of unbranched alkanes of at least 4 members (excludes halogenated alkanes) is 2. The van der Waals surface area contributed by atoms with E-state index in [2.05, 4.69) is 96.9 Å². The van der Waals surface area contributed by atoms with Crippen LogP contribution in [0.2, 0.25) is 0 Å². The van der Waals surface area contributed by atoms with Crippen LogP contribution in [-0.2, 0) is 18.7 Å². The molecule has 1 amide bonds. The number of thioether (sulfide) groups is 1. The lowest BCUT2D eigenvalue weighted by Crippen LogP contribution is -2.24. The first-order valence-electron chi connectivity index (χ1n) is 12.6.